The van der Waals surface area contributed by atoms with Crippen molar-refractivity contribution in [2.45, 2.75) is 23.2 Å². The van der Waals surface area contributed by atoms with Crippen LogP contribution in [0.5, 0.6) is 0 Å². The van der Waals surface area contributed by atoms with Gasteiger partial charge < -0.3 is 5.32 Å². The lowest BCUT2D eigenvalue weighted by molar-refractivity contribution is -0.141. The number of alkyl halides is 3. The van der Waals surface area contributed by atoms with Crippen LogP contribution in [0.1, 0.15) is 12.6 Å². The van der Waals surface area contributed by atoms with E-state index < -0.39 is 11.9 Å². The highest BCUT2D eigenvalue weighted by atomic mass is 79.9. The maximum absolute atomic E-state index is 12.9. The second kappa shape index (κ2) is 6.61. The van der Waals surface area contributed by atoms with Crippen LogP contribution < -0.4 is 5.32 Å². The Kier molecular flexibility index (Phi) is 5.04. The van der Waals surface area contributed by atoms with Gasteiger partial charge in [-0.1, -0.05) is 0 Å². The number of hydrogen-bond donors (Lipinski definition) is 1. The fraction of sp³-hybridized carbons (Fsp3) is 0.250. The van der Waals surface area contributed by atoms with Crippen molar-refractivity contribution in [3.05, 3.63) is 34.6 Å². The van der Waals surface area contributed by atoms with Gasteiger partial charge in [-0.25, -0.2) is 15.0 Å². The summed E-state index contributed by atoms with van der Waals surface area (Å²) in [7, 11) is 0. The molecule has 2 heterocycles. The average molecular weight is 379 g/mol. The van der Waals surface area contributed by atoms with Crippen molar-refractivity contribution in [1.29, 1.82) is 0 Å². The summed E-state index contributed by atoms with van der Waals surface area (Å²) in [5.41, 5.74) is -0.983. The molecule has 0 amide bonds. The van der Waals surface area contributed by atoms with Gasteiger partial charge in [0.1, 0.15) is 10.1 Å². The van der Waals surface area contributed by atoms with E-state index in [-0.39, 0.29) is 11.0 Å². The smallest absolute Gasteiger partial charge is 0.354 e. The van der Waals surface area contributed by atoms with E-state index in [1.54, 1.807) is 25.3 Å². The summed E-state index contributed by atoms with van der Waals surface area (Å²) in [6, 6.07) is 4.39. The second-order valence-electron chi connectivity index (χ2n) is 3.84. The molecule has 21 heavy (non-hydrogen) atoms. The molecule has 0 saturated heterocycles. The van der Waals surface area contributed by atoms with Crippen LogP contribution >= 0.6 is 27.7 Å². The fourth-order valence-corrected chi connectivity index (χ4v) is 2.68. The SMILES string of the molecule is CCNc1nc(Sc2ncccc2Br)cc(C(F)(F)F)n1. The van der Waals surface area contributed by atoms with Crippen molar-refractivity contribution in [3.63, 3.8) is 0 Å². The van der Waals surface area contributed by atoms with Gasteiger partial charge in [-0.05, 0) is 46.7 Å². The largest absolute Gasteiger partial charge is 0.433 e. The Labute approximate surface area is 131 Å². The summed E-state index contributed by atoms with van der Waals surface area (Å²) in [5, 5.41) is 3.40. The highest BCUT2D eigenvalue weighted by Crippen LogP contribution is 2.34. The summed E-state index contributed by atoms with van der Waals surface area (Å²) in [5.74, 6) is -0.0538. The van der Waals surface area contributed by atoms with Crippen LogP contribution in [0.3, 0.4) is 0 Å². The van der Waals surface area contributed by atoms with Gasteiger partial charge in [-0.3, -0.25) is 0 Å². The molecule has 2 rings (SSSR count). The van der Waals surface area contributed by atoms with Crippen molar-refractivity contribution in [2.24, 2.45) is 0 Å². The first-order valence-electron chi connectivity index (χ1n) is 5.88. The molecule has 0 aliphatic heterocycles. The molecular weight excluding hydrogens is 369 g/mol. The summed E-state index contributed by atoms with van der Waals surface area (Å²) in [6.45, 7) is 2.18. The lowest BCUT2D eigenvalue weighted by Gasteiger charge is -2.10. The van der Waals surface area contributed by atoms with E-state index in [1.165, 1.54) is 0 Å². The minimum Gasteiger partial charge on any atom is -0.354 e. The highest BCUT2D eigenvalue weighted by Gasteiger charge is 2.33. The monoisotopic (exact) mass is 378 g/mol. The van der Waals surface area contributed by atoms with Crippen LogP contribution in [0.4, 0.5) is 19.1 Å². The van der Waals surface area contributed by atoms with Crippen molar-refractivity contribution in [3.8, 4) is 0 Å². The third kappa shape index (κ3) is 4.31. The van der Waals surface area contributed by atoms with Gasteiger partial charge >= 0.3 is 6.18 Å². The molecule has 0 atom stereocenters. The maximum atomic E-state index is 12.9. The predicted octanol–water partition coefficient (Wildman–Crippen LogP) is 4.24. The molecule has 9 heteroatoms. The molecular formula is C12H10BrF3N4S. The molecule has 2 aromatic rings. The summed E-state index contributed by atoms with van der Waals surface area (Å²) < 4.78 is 39.2. The Morgan fingerprint density at radius 1 is 1.33 bits per heavy atom. The predicted molar refractivity (Wildman–Crippen MR) is 77.3 cm³/mol. The molecule has 1 N–H and O–H groups in total. The summed E-state index contributed by atoms with van der Waals surface area (Å²) >= 11 is 4.33. The molecule has 112 valence electrons. The van der Waals surface area contributed by atoms with E-state index in [0.29, 0.717) is 16.0 Å². The Morgan fingerprint density at radius 2 is 2.10 bits per heavy atom. The third-order valence-corrected chi connectivity index (χ3v) is 4.09. The zero-order valence-electron chi connectivity index (χ0n) is 10.8. The minimum absolute atomic E-state index is 0.0538. The van der Waals surface area contributed by atoms with Gasteiger partial charge in [0, 0.05) is 18.8 Å². The van der Waals surface area contributed by atoms with E-state index >= 15 is 0 Å². The third-order valence-electron chi connectivity index (χ3n) is 2.25. The Balaban J connectivity index is 2.38. The van der Waals surface area contributed by atoms with Crippen LogP contribution in [0.25, 0.3) is 0 Å². The Bertz CT molecular complexity index is 636. The molecule has 0 fully saturated rings. The number of aromatic nitrogens is 3. The molecule has 0 aromatic carbocycles. The zero-order chi connectivity index (χ0) is 15.5. The number of nitrogens with zero attached hydrogens (tertiary/aromatic N) is 3. The molecule has 0 unspecified atom stereocenters. The molecule has 4 nitrogen and oxygen atoms in total. The normalized spacial score (nSPS) is 11.5. The molecule has 0 aliphatic carbocycles. The van der Waals surface area contributed by atoms with Crippen LogP contribution in [0.15, 0.2) is 38.9 Å². The van der Waals surface area contributed by atoms with Crippen molar-refractivity contribution >= 4 is 33.6 Å². The van der Waals surface area contributed by atoms with Crippen molar-refractivity contribution < 1.29 is 13.2 Å². The minimum atomic E-state index is -4.52. The fourth-order valence-electron chi connectivity index (χ4n) is 1.41. The zero-order valence-corrected chi connectivity index (χ0v) is 13.2. The number of halogens is 4. The van der Waals surface area contributed by atoms with Crippen LogP contribution in [0.2, 0.25) is 0 Å². The number of nitrogens with one attached hydrogen (secondary N) is 1. The van der Waals surface area contributed by atoms with Crippen LogP contribution in [-0.2, 0) is 6.18 Å². The van der Waals surface area contributed by atoms with E-state index in [4.69, 9.17) is 0 Å². The Morgan fingerprint density at radius 3 is 2.71 bits per heavy atom. The van der Waals surface area contributed by atoms with Gasteiger partial charge in [0.15, 0.2) is 5.69 Å². The number of hydrogen-bond acceptors (Lipinski definition) is 5. The number of pyridine rings is 1. The Hall–Kier alpha value is -1.35. The first kappa shape index (κ1) is 16.0. The topological polar surface area (TPSA) is 50.7 Å². The first-order chi connectivity index (χ1) is 9.90. The molecule has 2 aromatic heterocycles. The van der Waals surface area contributed by atoms with Gasteiger partial charge in [-0.15, -0.1) is 0 Å². The molecule has 0 saturated carbocycles. The van der Waals surface area contributed by atoms with E-state index in [9.17, 15) is 13.2 Å². The quantitative estimate of drug-likeness (QED) is 0.806. The second-order valence-corrected chi connectivity index (χ2v) is 5.70. The molecule has 0 radical (unpaired) electrons. The van der Waals surface area contributed by atoms with E-state index in [2.05, 4.69) is 36.2 Å². The lowest BCUT2D eigenvalue weighted by Crippen LogP contribution is -2.12. The lowest BCUT2D eigenvalue weighted by atomic mass is 10.4. The van der Waals surface area contributed by atoms with Gasteiger partial charge in [0.25, 0.3) is 0 Å². The summed E-state index contributed by atoms with van der Waals surface area (Å²) in [4.78, 5) is 11.6. The summed E-state index contributed by atoms with van der Waals surface area (Å²) in [6.07, 6.45) is -2.96. The first-order valence-corrected chi connectivity index (χ1v) is 7.49. The number of anilines is 1. The van der Waals surface area contributed by atoms with Gasteiger partial charge in [0.05, 0.1) is 4.47 Å². The van der Waals surface area contributed by atoms with E-state index in [0.717, 1.165) is 17.8 Å². The van der Waals surface area contributed by atoms with Crippen LogP contribution in [-0.4, -0.2) is 21.5 Å². The average Bonchev–Trinajstić information content (AvgIpc) is 2.41. The molecule has 0 bridgehead atoms. The highest BCUT2D eigenvalue weighted by molar-refractivity contribution is 9.10. The standard InChI is InChI=1S/C12H10BrF3N4S/c1-2-17-11-19-8(12(14,15)16)6-9(20-11)21-10-7(13)4-3-5-18-10/h3-6H,2H2,1H3,(H,17,19,20). The van der Waals surface area contributed by atoms with Crippen LogP contribution in [0, 0.1) is 0 Å². The van der Waals surface area contributed by atoms with Crippen molar-refractivity contribution in [1.82, 2.24) is 15.0 Å². The van der Waals surface area contributed by atoms with E-state index in [1.807, 2.05) is 0 Å². The molecule has 0 aliphatic rings. The van der Waals surface area contributed by atoms with Gasteiger partial charge in [-0.2, -0.15) is 13.2 Å². The van der Waals surface area contributed by atoms with Gasteiger partial charge in [0.2, 0.25) is 5.95 Å². The number of rotatable bonds is 4. The van der Waals surface area contributed by atoms with Crippen molar-refractivity contribution in [2.75, 3.05) is 11.9 Å². The maximum Gasteiger partial charge on any atom is 0.433 e. The molecule has 0 spiro atoms.